The van der Waals surface area contributed by atoms with E-state index in [-0.39, 0.29) is 30.2 Å². The second-order valence-corrected chi connectivity index (χ2v) is 11.0. The van der Waals surface area contributed by atoms with Crippen LogP contribution < -0.4 is 10.1 Å². The van der Waals surface area contributed by atoms with E-state index < -0.39 is 0 Å². The molecule has 1 fully saturated rings. The average Bonchev–Trinajstić information content (AvgIpc) is 3.07. The lowest BCUT2D eigenvalue weighted by atomic mass is 10.1. The van der Waals surface area contributed by atoms with Gasteiger partial charge in [0.2, 0.25) is 0 Å². The molecular weight excluding hydrogens is 608 g/mol. The van der Waals surface area contributed by atoms with Crippen molar-refractivity contribution in [1.82, 2.24) is 4.90 Å². The van der Waals surface area contributed by atoms with Crippen LogP contribution in [0.25, 0.3) is 6.08 Å². The summed E-state index contributed by atoms with van der Waals surface area (Å²) in [6, 6.07) is 18.8. The number of ether oxygens (including phenoxy) is 1. The minimum atomic E-state index is -0.328. The molecule has 0 aliphatic carbocycles. The molecule has 1 aliphatic rings. The summed E-state index contributed by atoms with van der Waals surface area (Å²) in [5, 5.41) is 2.50. The number of halogens is 2. The van der Waals surface area contributed by atoms with E-state index in [0.717, 1.165) is 28.5 Å². The highest BCUT2D eigenvalue weighted by Crippen LogP contribution is 2.38. The van der Waals surface area contributed by atoms with Gasteiger partial charge < -0.3 is 10.1 Å². The summed E-state index contributed by atoms with van der Waals surface area (Å²) in [5.74, 6) is -0.157. The van der Waals surface area contributed by atoms with Crippen molar-refractivity contribution >= 4 is 72.4 Å². The van der Waals surface area contributed by atoms with Gasteiger partial charge in [-0.05, 0) is 105 Å². The first-order valence-electron chi connectivity index (χ1n) is 11.0. The summed E-state index contributed by atoms with van der Waals surface area (Å²) < 4.78 is 6.93. The van der Waals surface area contributed by atoms with Crippen LogP contribution in [-0.4, -0.2) is 28.6 Å². The van der Waals surface area contributed by atoms with Crippen LogP contribution in [0.4, 0.5) is 10.5 Å². The van der Waals surface area contributed by atoms with Crippen molar-refractivity contribution in [2.45, 2.75) is 20.4 Å². The summed E-state index contributed by atoms with van der Waals surface area (Å²) in [7, 11) is 0. The number of nitrogens with one attached hydrogen (secondary N) is 1. The molecule has 36 heavy (non-hydrogen) atoms. The number of hydrogen-bond acceptors (Lipinski definition) is 5. The number of hydrogen-bond donors (Lipinski definition) is 1. The highest BCUT2D eigenvalue weighted by Gasteiger charge is 2.35. The van der Waals surface area contributed by atoms with E-state index in [1.54, 1.807) is 18.2 Å². The van der Waals surface area contributed by atoms with Gasteiger partial charge in [0.1, 0.15) is 5.75 Å². The summed E-state index contributed by atoms with van der Waals surface area (Å²) >= 11 is 7.87. The zero-order valence-electron chi connectivity index (χ0n) is 19.5. The van der Waals surface area contributed by atoms with E-state index in [0.29, 0.717) is 30.9 Å². The Kier molecular flexibility index (Phi) is 8.33. The number of amides is 3. The highest BCUT2D eigenvalue weighted by atomic mass is 79.9. The quantitative estimate of drug-likeness (QED) is 0.283. The Morgan fingerprint density at radius 2 is 1.69 bits per heavy atom. The van der Waals surface area contributed by atoms with Gasteiger partial charge in [-0.25, -0.2) is 0 Å². The van der Waals surface area contributed by atoms with E-state index in [4.69, 9.17) is 4.74 Å². The lowest BCUT2D eigenvalue weighted by Crippen LogP contribution is -2.27. The van der Waals surface area contributed by atoms with Crippen LogP contribution in [0, 0.1) is 13.8 Å². The summed E-state index contributed by atoms with van der Waals surface area (Å²) in [6.45, 7) is 3.99. The number of nitrogens with zero attached hydrogens (tertiary/aromatic N) is 1. The van der Waals surface area contributed by atoms with Crippen molar-refractivity contribution < 1.29 is 19.1 Å². The standard InChI is InChI=1S/C27H22Br2N2O4S/c1-16-6-8-18(9-7-16)14-31-26(33)23(36-27(31)34)13-19-11-21(28)25(22(29)12-19)35-15-24(32)30-20-5-3-4-17(2)10-20/h3-13H,14-15H2,1-2H3,(H,30,32)/b23-13-. The number of anilines is 1. The van der Waals surface area contributed by atoms with Gasteiger partial charge >= 0.3 is 0 Å². The fourth-order valence-electron chi connectivity index (χ4n) is 3.52. The van der Waals surface area contributed by atoms with Crippen molar-refractivity contribution in [2.75, 3.05) is 11.9 Å². The number of carbonyl (C=O) groups is 3. The summed E-state index contributed by atoms with van der Waals surface area (Å²) in [4.78, 5) is 39.3. The van der Waals surface area contributed by atoms with Gasteiger partial charge in [-0.3, -0.25) is 19.3 Å². The molecule has 1 aliphatic heterocycles. The third-order valence-electron chi connectivity index (χ3n) is 5.30. The molecule has 0 atom stereocenters. The molecule has 1 heterocycles. The molecule has 6 nitrogen and oxygen atoms in total. The van der Waals surface area contributed by atoms with Crippen LogP contribution in [0.2, 0.25) is 0 Å². The van der Waals surface area contributed by atoms with Crippen LogP contribution in [-0.2, 0) is 16.1 Å². The fraction of sp³-hybridized carbons (Fsp3) is 0.148. The normalized spacial score (nSPS) is 14.4. The monoisotopic (exact) mass is 628 g/mol. The van der Waals surface area contributed by atoms with Crippen molar-refractivity contribution in [3.05, 3.63) is 96.8 Å². The Morgan fingerprint density at radius 1 is 1.00 bits per heavy atom. The topological polar surface area (TPSA) is 75.7 Å². The summed E-state index contributed by atoms with van der Waals surface area (Å²) in [5.41, 5.74) is 4.45. The van der Waals surface area contributed by atoms with Crippen LogP contribution in [0.15, 0.2) is 74.5 Å². The molecular formula is C27H22Br2N2O4S. The lowest BCUT2D eigenvalue weighted by molar-refractivity contribution is -0.123. The molecule has 4 rings (SSSR count). The molecule has 3 aromatic rings. The molecule has 0 bridgehead atoms. The van der Waals surface area contributed by atoms with Crippen LogP contribution in [0.3, 0.4) is 0 Å². The second-order valence-electron chi connectivity index (χ2n) is 8.27. The smallest absolute Gasteiger partial charge is 0.293 e. The van der Waals surface area contributed by atoms with Crippen LogP contribution >= 0.6 is 43.6 Å². The van der Waals surface area contributed by atoms with Crippen LogP contribution in [0.5, 0.6) is 5.75 Å². The van der Waals surface area contributed by atoms with E-state index >= 15 is 0 Å². The van der Waals surface area contributed by atoms with E-state index in [9.17, 15) is 14.4 Å². The zero-order chi connectivity index (χ0) is 25.8. The maximum absolute atomic E-state index is 12.9. The van der Waals surface area contributed by atoms with Crippen molar-refractivity contribution in [3.63, 3.8) is 0 Å². The lowest BCUT2D eigenvalue weighted by Gasteiger charge is -2.13. The van der Waals surface area contributed by atoms with Gasteiger partial charge in [0.15, 0.2) is 6.61 Å². The second kappa shape index (κ2) is 11.5. The highest BCUT2D eigenvalue weighted by molar-refractivity contribution is 9.11. The van der Waals surface area contributed by atoms with Crippen molar-refractivity contribution in [1.29, 1.82) is 0 Å². The zero-order valence-corrected chi connectivity index (χ0v) is 23.5. The number of benzene rings is 3. The minimum absolute atomic E-state index is 0.178. The van der Waals surface area contributed by atoms with Gasteiger partial charge in [0, 0.05) is 5.69 Å². The molecule has 3 aromatic carbocycles. The predicted molar refractivity (Wildman–Crippen MR) is 150 cm³/mol. The molecule has 0 saturated carbocycles. The Labute approximate surface area is 230 Å². The number of carbonyl (C=O) groups excluding carboxylic acids is 3. The molecule has 0 spiro atoms. The molecule has 1 N–H and O–H groups in total. The number of imide groups is 1. The SMILES string of the molecule is Cc1ccc(CN2C(=O)S/C(=C\c3cc(Br)c(OCC(=O)Nc4cccc(C)c4)c(Br)c3)C2=O)cc1. The van der Waals surface area contributed by atoms with Gasteiger partial charge in [0.25, 0.3) is 17.1 Å². The third kappa shape index (κ3) is 6.46. The Morgan fingerprint density at radius 3 is 2.36 bits per heavy atom. The van der Waals surface area contributed by atoms with Gasteiger partial charge in [-0.2, -0.15) is 0 Å². The molecule has 9 heteroatoms. The van der Waals surface area contributed by atoms with E-state index in [1.165, 1.54) is 4.90 Å². The van der Waals surface area contributed by atoms with E-state index in [1.807, 2.05) is 62.4 Å². The van der Waals surface area contributed by atoms with Crippen LogP contribution in [0.1, 0.15) is 22.3 Å². The first-order valence-corrected chi connectivity index (χ1v) is 13.4. The number of thioether (sulfide) groups is 1. The van der Waals surface area contributed by atoms with Crippen molar-refractivity contribution in [2.24, 2.45) is 0 Å². The van der Waals surface area contributed by atoms with Crippen molar-refractivity contribution in [3.8, 4) is 5.75 Å². The first kappa shape index (κ1) is 26.2. The third-order valence-corrected chi connectivity index (χ3v) is 7.39. The van der Waals surface area contributed by atoms with E-state index in [2.05, 4.69) is 37.2 Å². The molecule has 0 aromatic heterocycles. The average molecular weight is 630 g/mol. The predicted octanol–water partition coefficient (Wildman–Crippen LogP) is 7.08. The van der Waals surface area contributed by atoms with Gasteiger partial charge in [0.05, 0.1) is 20.4 Å². The molecule has 3 amide bonds. The maximum Gasteiger partial charge on any atom is 0.293 e. The number of aryl methyl sites for hydroxylation is 2. The molecule has 0 unspecified atom stereocenters. The molecule has 184 valence electrons. The largest absolute Gasteiger partial charge is 0.481 e. The summed E-state index contributed by atoms with van der Waals surface area (Å²) in [6.07, 6.45) is 1.67. The molecule has 1 saturated heterocycles. The number of rotatable bonds is 7. The van der Waals surface area contributed by atoms with Gasteiger partial charge in [-0.15, -0.1) is 0 Å². The minimum Gasteiger partial charge on any atom is -0.481 e. The molecule has 0 radical (unpaired) electrons. The first-order chi connectivity index (χ1) is 17.2. The Bertz CT molecular complexity index is 1350. The van der Waals surface area contributed by atoms with Gasteiger partial charge in [-0.1, -0.05) is 42.0 Å². The Balaban J connectivity index is 1.43. The maximum atomic E-state index is 12.9. The Hall–Kier alpha value is -2.88. The fourth-order valence-corrected chi connectivity index (χ4v) is 5.81.